The lowest BCUT2D eigenvalue weighted by Gasteiger charge is -2.08. The minimum absolute atomic E-state index is 0.457. The van der Waals surface area contributed by atoms with E-state index in [-0.39, 0.29) is 0 Å². The van der Waals surface area contributed by atoms with Gasteiger partial charge in [0.2, 0.25) is 0 Å². The molecule has 82 valence electrons. The maximum absolute atomic E-state index is 13.1. The summed E-state index contributed by atoms with van der Waals surface area (Å²) in [5.74, 6) is 0.726. The topological polar surface area (TPSA) is 35.2 Å². The Morgan fingerprint density at radius 1 is 1.53 bits per heavy atom. The van der Waals surface area contributed by atoms with E-state index in [1.165, 1.54) is 6.92 Å². The summed E-state index contributed by atoms with van der Waals surface area (Å²) in [5, 5.41) is 0. The van der Waals surface area contributed by atoms with Crippen LogP contribution < -0.4 is 10.5 Å². The molecule has 3 heteroatoms. The first-order valence-corrected chi connectivity index (χ1v) is 4.87. The Labute approximate surface area is 89.6 Å². The summed E-state index contributed by atoms with van der Waals surface area (Å²) < 4.78 is 18.2. The summed E-state index contributed by atoms with van der Waals surface area (Å²) in [6.45, 7) is 1.97. The fraction of sp³-hybridized carbons (Fsp3) is 0.333. The van der Waals surface area contributed by atoms with Crippen molar-refractivity contribution >= 4 is 6.08 Å². The molecule has 1 aromatic carbocycles. The summed E-state index contributed by atoms with van der Waals surface area (Å²) in [7, 11) is 1.59. The highest BCUT2D eigenvalue weighted by Gasteiger charge is 2.06. The summed E-state index contributed by atoms with van der Waals surface area (Å²) in [4.78, 5) is 0. The number of methoxy groups -OCH3 is 1. The first-order valence-electron chi connectivity index (χ1n) is 4.87. The van der Waals surface area contributed by atoms with Gasteiger partial charge in [0.1, 0.15) is 11.9 Å². The molecule has 1 unspecified atom stereocenters. The molecule has 1 aromatic rings. The predicted molar refractivity (Wildman–Crippen MR) is 60.6 cm³/mol. The zero-order valence-electron chi connectivity index (χ0n) is 9.03. The van der Waals surface area contributed by atoms with Crippen LogP contribution in [0.25, 0.3) is 6.08 Å². The molecule has 2 nitrogen and oxygen atoms in total. The molecule has 0 saturated heterocycles. The van der Waals surface area contributed by atoms with Gasteiger partial charge in [0, 0.05) is 12.1 Å². The zero-order valence-corrected chi connectivity index (χ0v) is 9.03. The monoisotopic (exact) mass is 209 g/mol. The van der Waals surface area contributed by atoms with Gasteiger partial charge in [-0.1, -0.05) is 18.2 Å². The van der Waals surface area contributed by atoms with Crippen LogP contribution >= 0.6 is 0 Å². The third-order valence-electron chi connectivity index (χ3n) is 2.15. The fourth-order valence-corrected chi connectivity index (χ4v) is 1.33. The minimum Gasteiger partial charge on any atom is -0.496 e. The van der Waals surface area contributed by atoms with E-state index in [1.54, 1.807) is 25.3 Å². The van der Waals surface area contributed by atoms with E-state index in [9.17, 15) is 4.39 Å². The molecule has 0 bridgehead atoms. The molecular formula is C12H16FNO. The lowest BCUT2D eigenvalue weighted by Crippen LogP contribution is -1.94. The Balaban J connectivity index is 3.07. The van der Waals surface area contributed by atoms with Gasteiger partial charge >= 0.3 is 0 Å². The van der Waals surface area contributed by atoms with Gasteiger partial charge in [-0.2, -0.15) is 0 Å². The van der Waals surface area contributed by atoms with Crippen molar-refractivity contribution in [3.05, 3.63) is 35.4 Å². The Morgan fingerprint density at radius 2 is 2.27 bits per heavy atom. The van der Waals surface area contributed by atoms with Gasteiger partial charge in [-0.25, -0.2) is 4.39 Å². The number of hydrogen-bond donors (Lipinski definition) is 1. The van der Waals surface area contributed by atoms with Crippen molar-refractivity contribution in [3.63, 3.8) is 0 Å². The van der Waals surface area contributed by atoms with Crippen LogP contribution in [0.15, 0.2) is 24.3 Å². The molecule has 0 aliphatic carbocycles. The van der Waals surface area contributed by atoms with Crippen molar-refractivity contribution < 1.29 is 9.13 Å². The highest BCUT2D eigenvalue weighted by Crippen LogP contribution is 2.25. The molecule has 0 radical (unpaired) electrons. The van der Waals surface area contributed by atoms with Crippen LogP contribution in [0.4, 0.5) is 4.39 Å². The van der Waals surface area contributed by atoms with Gasteiger partial charge < -0.3 is 10.5 Å². The van der Waals surface area contributed by atoms with Gasteiger partial charge in [0.15, 0.2) is 0 Å². The summed E-state index contributed by atoms with van der Waals surface area (Å²) in [6.07, 6.45) is 2.68. The lowest BCUT2D eigenvalue weighted by molar-refractivity contribution is 0.372. The van der Waals surface area contributed by atoms with Gasteiger partial charge in [-0.15, -0.1) is 0 Å². The van der Waals surface area contributed by atoms with Crippen LogP contribution in [0.2, 0.25) is 0 Å². The molecule has 1 rings (SSSR count). The molecule has 0 amide bonds. The van der Waals surface area contributed by atoms with Crippen molar-refractivity contribution in [3.8, 4) is 5.75 Å². The fourth-order valence-electron chi connectivity index (χ4n) is 1.33. The zero-order chi connectivity index (χ0) is 11.3. The number of alkyl halides is 1. The molecule has 1 atom stereocenters. The van der Waals surface area contributed by atoms with Crippen molar-refractivity contribution in [2.75, 3.05) is 13.7 Å². The van der Waals surface area contributed by atoms with Gasteiger partial charge in [-0.3, -0.25) is 0 Å². The smallest absolute Gasteiger partial charge is 0.126 e. The Bertz CT molecular complexity index is 347. The molecule has 0 fully saturated rings. The number of rotatable bonds is 4. The average Bonchev–Trinajstić information content (AvgIpc) is 2.25. The van der Waals surface area contributed by atoms with Crippen molar-refractivity contribution in [1.82, 2.24) is 0 Å². The van der Waals surface area contributed by atoms with E-state index >= 15 is 0 Å². The first kappa shape index (κ1) is 11.7. The standard InChI is InChI=1S/C12H16FNO/c1-9(13)10-5-6-12(15-2)11(8-10)4-3-7-14/h3-6,8-9H,7,14H2,1-2H3/b4-3+. The largest absolute Gasteiger partial charge is 0.496 e. The molecule has 0 saturated carbocycles. The number of benzene rings is 1. The third kappa shape index (κ3) is 3.06. The van der Waals surface area contributed by atoms with Crippen molar-refractivity contribution in [1.29, 1.82) is 0 Å². The number of halogens is 1. The normalized spacial score (nSPS) is 13.1. The van der Waals surface area contributed by atoms with E-state index < -0.39 is 6.17 Å². The second-order valence-electron chi connectivity index (χ2n) is 3.26. The quantitative estimate of drug-likeness (QED) is 0.827. The van der Waals surface area contributed by atoms with Gasteiger partial charge in [0.25, 0.3) is 0 Å². The van der Waals surface area contributed by atoms with E-state index in [1.807, 2.05) is 12.2 Å². The second-order valence-corrected chi connectivity index (χ2v) is 3.26. The third-order valence-corrected chi connectivity index (χ3v) is 2.15. The molecule has 0 aliphatic rings. The molecule has 0 aromatic heterocycles. The first-order chi connectivity index (χ1) is 7.19. The van der Waals surface area contributed by atoms with Crippen LogP contribution in [0.1, 0.15) is 24.2 Å². The van der Waals surface area contributed by atoms with E-state index in [4.69, 9.17) is 10.5 Å². The number of hydrogen-bond acceptors (Lipinski definition) is 2. The van der Waals surface area contributed by atoms with Crippen LogP contribution in [0, 0.1) is 0 Å². The molecular weight excluding hydrogens is 193 g/mol. The highest BCUT2D eigenvalue weighted by molar-refractivity contribution is 5.58. The second kappa shape index (κ2) is 5.51. The minimum atomic E-state index is -0.971. The van der Waals surface area contributed by atoms with Crippen molar-refractivity contribution in [2.24, 2.45) is 5.73 Å². The van der Waals surface area contributed by atoms with Crippen LogP contribution in [-0.4, -0.2) is 13.7 Å². The molecule has 0 heterocycles. The van der Waals surface area contributed by atoms with E-state index in [2.05, 4.69) is 0 Å². The molecule has 2 N–H and O–H groups in total. The SMILES string of the molecule is COc1ccc(C(C)F)cc1/C=C/CN. The van der Waals surface area contributed by atoms with Crippen LogP contribution in [0.5, 0.6) is 5.75 Å². The molecule has 0 aliphatic heterocycles. The number of nitrogens with two attached hydrogens (primary N) is 1. The van der Waals surface area contributed by atoms with Crippen LogP contribution in [-0.2, 0) is 0 Å². The highest BCUT2D eigenvalue weighted by atomic mass is 19.1. The van der Waals surface area contributed by atoms with Gasteiger partial charge in [0.05, 0.1) is 7.11 Å². The van der Waals surface area contributed by atoms with Gasteiger partial charge in [-0.05, 0) is 24.6 Å². The number of ether oxygens (including phenoxy) is 1. The predicted octanol–water partition coefficient (Wildman–Crippen LogP) is 2.70. The van der Waals surface area contributed by atoms with E-state index in [0.29, 0.717) is 12.1 Å². The molecule has 15 heavy (non-hydrogen) atoms. The lowest BCUT2D eigenvalue weighted by atomic mass is 10.1. The van der Waals surface area contributed by atoms with E-state index in [0.717, 1.165) is 11.3 Å². The van der Waals surface area contributed by atoms with Crippen LogP contribution in [0.3, 0.4) is 0 Å². The maximum atomic E-state index is 13.1. The Morgan fingerprint density at radius 3 is 2.80 bits per heavy atom. The summed E-state index contributed by atoms with van der Waals surface area (Å²) in [5.41, 5.74) is 6.86. The average molecular weight is 209 g/mol. The Hall–Kier alpha value is -1.35. The summed E-state index contributed by atoms with van der Waals surface area (Å²) in [6, 6.07) is 5.26. The Kier molecular flexibility index (Phi) is 4.31. The maximum Gasteiger partial charge on any atom is 0.126 e. The van der Waals surface area contributed by atoms with Crippen molar-refractivity contribution in [2.45, 2.75) is 13.1 Å². The summed E-state index contributed by atoms with van der Waals surface area (Å²) >= 11 is 0. The molecule has 0 spiro atoms.